The van der Waals surface area contributed by atoms with Gasteiger partial charge in [0.25, 0.3) is 0 Å². The Kier molecular flexibility index (Phi) is 3.09. The zero-order valence-electron chi connectivity index (χ0n) is 13.7. The molecule has 0 radical (unpaired) electrons. The number of aliphatic hydroxyl groups is 2. The number of allylic oxidation sites excluding steroid dienone is 3. The van der Waals surface area contributed by atoms with Crippen molar-refractivity contribution in [3.63, 3.8) is 0 Å². The van der Waals surface area contributed by atoms with Gasteiger partial charge in [-0.25, -0.2) is 0 Å². The molecule has 0 heterocycles. The fraction of sp³-hybridized carbons (Fsp3) is 0.789. The van der Waals surface area contributed by atoms with Crippen LogP contribution in [0.4, 0.5) is 0 Å². The highest BCUT2D eigenvalue weighted by molar-refractivity contribution is 5.24. The number of nitrogens with two attached hydrogens (primary N) is 1. The van der Waals surface area contributed by atoms with Gasteiger partial charge in [0.05, 0.1) is 11.9 Å². The highest BCUT2D eigenvalue weighted by atomic mass is 16.3. The summed E-state index contributed by atoms with van der Waals surface area (Å²) in [6.07, 6.45) is 11.2. The van der Waals surface area contributed by atoms with Crippen LogP contribution in [0.1, 0.15) is 46.0 Å². The van der Waals surface area contributed by atoms with Gasteiger partial charge in [-0.3, -0.25) is 0 Å². The van der Waals surface area contributed by atoms with Crippen LogP contribution in [0.2, 0.25) is 0 Å². The average molecular weight is 303 g/mol. The van der Waals surface area contributed by atoms with Crippen molar-refractivity contribution in [1.29, 1.82) is 0 Å². The first-order valence-corrected chi connectivity index (χ1v) is 8.89. The van der Waals surface area contributed by atoms with E-state index in [4.69, 9.17) is 5.73 Å². The van der Waals surface area contributed by atoms with Crippen molar-refractivity contribution in [2.75, 3.05) is 0 Å². The summed E-state index contributed by atoms with van der Waals surface area (Å²) in [7, 11) is 0. The van der Waals surface area contributed by atoms with Gasteiger partial charge in [-0.2, -0.15) is 0 Å². The van der Waals surface area contributed by atoms with Gasteiger partial charge >= 0.3 is 0 Å². The van der Waals surface area contributed by atoms with E-state index in [9.17, 15) is 10.2 Å². The van der Waals surface area contributed by atoms with Crippen LogP contribution < -0.4 is 5.73 Å². The summed E-state index contributed by atoms with van der Waals surface area (Å²) in [5, 5.41) is 21.3. The zero-order chi connectivity index (χ0) is 15.7. The molecule has 4 N–H and O–H groups in total. The monoisotopic (exact) mass is 303 g/mol. The topological polar surface area (TPSA) is 66.5 Å². The van der Waals surface area contributed by atoms with E-state index in [1.807, 2.05) is 6.08 Å². The molecule has 22 heavy (non-hydrogen) atoms. The second-order valence-corrected chi connectivity index (χ2v) is 8.70. The number of hydrogen-bond donors (Lipinski definition) is 3. The van der Waals surface area contributed by atoms with Crippen LogP contribution in [0.5, 0.6) is 0 Å². The predicted octanol–water partition coefficient (Wildman–Crippen LogP) is 3.16. The van der Waals surface area contributed by atoms with E-state index in [0.717, 1.165) is 32.1 Å². The third-order valence-electron chi connectivity index (χ3n) is 7.78. The maximum absolute atomic E-state index is 10.9. The molecule has 0 aliphatic heterocycles. The van der Waals surface area contributed by atoms with Gasteiger partial charge in [-0.15, -0.1) is 0 Å². The standard InChI is InChI=1S/C19H29NO2/c1-18-7-5-12(20)9-11(18)10-15(21)17-13-3-4-16(22)19(13,2)8-6-14(17)18/h4-5,7,11-15,17,21-22H,3,6,8-10,20H2,1-2H3/t11?,12?,13-,14+,15?,17-,18-,19-/m0/s1. The van der Waals surface area contributed by atoms with Gasteiger partial charge in [0.2, 0.25) is 0 Å². The third kappa shape index (κ3) is 1.75. The van der Waals surface area contributed by atoms with Crippen molar-refractivity contribution in [2.24, 2.45) is 40.2 Å². The van der Waals surface area contributed by atoms with Crippen molar-refractivity contribution in [3.05, 3.63) is 24.0 Å². The quantitative estimate of drug-likeness (QED) is 0.602. The molecule has 0 aromatic rings. The van der Waals surface area contributed by atoms with Crippen LogP contribution in [0, 0.1) is 34.5 Å². The van der Waals surface area contributed by atoms with Crippen LogP contribution in [-0.4, -0.2) is 22.4 Å². The molecule has 0 bridgehead atoms. The minimum atomic E-state index is -0.245. The van der Waals surface area contributed by atoms with E-state index in [0.29, 0.717) is 29.4 Å². The number of hydrogen-bond acceptors (Lipinski definition) is 3. The van der Waals surface area contributed by atoms with E-state index in [-0.39, 0.29) is 23.0 Å². The Labute approximate surface area is 133 Å². The van der Waals surface area contributed by atoms with Gasteiger partial charge in [0.15, 0.2) is 0 Å². The fourth-order valence-electron chi connectivity index (χ4n) is 6.36. The van der Waals surface area contributed by atoms with E-state index in [1.165, 1.54) is 0 Å². The van der Waals surface area contributed by atoms with Gasteiger partial charge in [-0.05, 0) is 67.3 Å². The van der Waals surface area contributed by atoms with Crippen molar-refractivity contribution in [2.45, 2.75) is 58.1 Å². The molecule has 0 amide bonds. The fourth-order valence-corrected chi connectivity index (χ4v) is 6.36. The molecule has 3 nitrogen and oxygen atoms in total. The lowest BCUT2D eigenvalue weighted by molar-refractivity contribution is -0.134. The molecule has 0 saturated heterocycles. The van der Waals surface area contributed by atoms with E-state index >= 15 is 0 Å². The molecule has 0 spiro atoms. The summed E-state index contributed by atoms with van der Waals surface area (Å²) < 4.78 is 0. The van der Waals surface area contributed by atoms with Gasteiger partial charge in [0, 0.05) is 11.5 Å². The van der Waals surface area contributed by atoms with Gasteiger partial charge in [0.1, 0.15) is 0 Å². The molecule has 8 atom stereocenters. The Morgan fingerprint density at radius 2 is 2.00 bits per heavy atom. The highest BCUT2D eigenvalue weighted by Gasteiger charge is 2.60. The first kappa shape index (κ1) is 14.8. The highest BCUT2D eigenvalue weighted by Crippen LogP contribution is 2.64. The number of rotatable bonds is 0. The van der Waals surface area contributed by atoms with E-state index < -0.39 is 0 Å². The lowest BCUT2D eigenvalue weighted by atomic mass is 9.45. The second kappa shape index (κ2) is 4.61. The zero-order valence-corrected chi connectivity index (χ0v) is 13.7. The minimum absolute atomic E-state index is 0.111. The van der Waals surface area contributed by atoms with Crippen molar-refractivity contribution in [3.8, 4) is 0 Å². The molecule has 122 valence electrons. The SMILES string of the molecule is C[C@]12C=CC(N)CC1CC(O)[C@@H]1[C@H]2CC[C@]2(C)C(O)=CC[C@@H]12. The molecule has 2 saturated carbocycles. The Bertz CT molecular complexity index is 542. The summed E-state index contributed by atoms with van der Waals surface area (Å²) in [5.74, 6) is 2.28. The first-order valence-electron chi connectivity index (χ1n) is 8.89. The maximum atomic E-state index is 10.9. The lowest BCUT2D eigenvalue weighted by Crippen LogP contribution is -2.57. The Morgan fingerprint density at radius 3 is 2.77 bits per heavy atom. The maximum Gasteiger partial charge on any atom is 0.0944 e. The van der Waals surface area contributed by atoms with Crippen LogP contribution in [0.25, 0.3) is 0 Å². The molecule has 4 aliphatic carbocycles. The van der Waals surface area contributed by atoms with Gasteiger partial charge < -0.3 is 15.9 Å². The average Bonchev–Trinajstić information content (AvgIpc) is 2.77. The molecule has 0 aromatic heterocycles. The number of fused-ring (bicyclic) bond motifs is 5. The third-order valence-corrected chi connectivity index (χ3v) is 7.78. The van der Waals surface area contributed by atoms with E-state index in [2.05, 4.69) is 26.0 Å². The predicted molar refractivity (Wildman–Crippen MR) is 87.1 cm³/mol. The summed E-state index contributed by atoms with van der Waals surface area (Å²) in [5.41, 5.74) is 6.18. The van der Waals surface area contributed by atoms with Crippen LogP contribution in [0.3, 0.4) is 0 Å². The molecular weight excluding hydrogens is 274 g/mol. The normalized spacial score (nSPS) is 56.8. The largest absolute Gasteiger partial charge is 0.512 e. The molecule has 3 heteroatoms. The smallest absolute Gasteiger partial charge is 0.0944 e. The second-order valence-electron chi connectivity index (χ2n) is 8.70. The Hall–Kier alpha value is -0.800. The molecule has 0 aromatic carbocycles. The molecule has 4 rings (SSSR count). The first-order chi connectivity index (χ1) is 10.4. The van der Waals surface area contributed by atoms with Crippen molar-refractivity contribution < 1.29 is 10.2 Å². The summed E-state index contributed by atoms with van der Waals surface area (Å²) >= 11 is 0. The Morgan fingerprint density at radius 1 is 1.23 bits per heavy atom. The van der Waals surface area contributed by atoms with Crippen molar-refractivity contribution >= 4 is 0 Å². The van der Waals surface area contributed by atoms with Crippen LogP contribution >= 0.6 is 0 Å². The molecule has 4 aliphatic rings. The summed E-state index contributed by atoms with van der Waals surface area (Å²) in [6.45, 7) is 4.58. The van der Waals surface area contributed by atoms with Crippen LogP contribution in [-0.2, 0) is 0 Å². The molecule has 2 fully saturated rings. The van der Waals surface area contributed by atoms with Gasteiger partial charge in [-0.1, -0.05) is 26.0 Å². The molecule has 3 unspecified atom stereocenters. The minimum Gasteiger partial charge on any atom is -0.512 e. The number of aliphatic hydroxyl groups excluding tert-OH is 2. The Balaban J connectivity index is 1.72. The van der Waals surface area contributed by atoms with E-state index in [1.54, 1.807) is 0 Å². The summed E-state index contributed by atoms with van der Waals surface area (Å²) in [6, 6.07) is 0.146. The molecular formula is C19H29NO2. The lowest BCUT2D eigenvalue weighted by Gasteiger charge is -2.60. The van der Waals surface area contributed by atoms with Crippen molar-refractivity contribution in [1.82, 2.24) is 0 Å². The van der Waals surface area contributed by atoms with Crippen LogP contribution in [0.15, 0.2) is 24.0 Å². The summed E-state index contributed by atoms with van der Waals surface area (Å²) in [4.78, 5) is 0.